The standard InChI is InChI=1S/C20H24ClN5O2/c1-13-7-9-25(10-8-13)19-22-17-16(23(19)2)18(27)26(20(28)24(17)3)12-14-5-4-6-15(21)11-14/h4-6,11,13H,7-10,12H2,1-3H3. The number of imidazole rings is 1. The first-order chi connectivity index (χ1) is 13.4. The highest BCUT2D eigenvalue weighted by molar-refractivity contribution is 6.30. The number of anilines is 1. The van der Waals surface area contributed by atoms with Gasteiger partial charge in [-0.25, -0.2) is 4.79 Å². The summed E-state index contributed by atoms with van der Waals surface area (Å²) in [5.41, 5.74) is 0.962. The van der Waals surface area contributed by atoms with Gasteiger partial charge in [0, 0.05) is 32.2 Å². The van der Waals surface area contributed by atoms with Crippen LogP contribution in [0.1, 0.15) is 25.3 Å². The van der Waals surface area contributed by atoms with Crippen molar-refractivity contribution < 1.29 is 0 Å². The number of rotatable bonds is 3. The molecule has 1 aliphatic rings. The third-order valence-corrected chi connectivity index (χ3v) is 5.87. The molecule has 1 saturated heterocycles. The van der Waals surface area contributed by atoms with Crippen molar-refractivity contribution in [2.45, 2.75) is 26.3 Å². The van der Waals surface area contributed by atoms with E-state index in [1.54, 1.807) is 19.2 Å². The zero-order chi connectivity index (χ0) is 20.0. The van der Waals surface area contributed by atoms with Crippen LogP contribution in [-0.4, -0.2) is 31.8 Å². The minimum atomic E-state index is -0.380. The van der Waals surface area contributed by atoms with E-state index in [0.29, 0.717) is 22.1 Å². The van der Waals surface area contributed by atoms with Crippen LogP contribution in [0.2, 0.25) is 5.02 Å². The Balaban J connectivity index is 1.84. The Hall–Kier alpha value is -2.54. The predicted octanol–water partition coefficient (Wildman–Crippen LogP) is 2.37. The maximum absolute atomic E-state index is 13.2. The highest BCUT2D eigenvalue weighted by atomic mass is 35.5. The van der Waals surface area contributed by atoms with Crippen LogP contribution in [0.15, 0.2) is 33.9 Å². The van der Waals surface area contributed by atoms with Crippen molar-refractivity contribution >= 4 is 28.7 Å². The summed E-state index contributed by atoms with van der Waals surface area (Å²) in [6.07, 6.45) is 2.20. The van der Waals surface area contributed by atoms with Crippen LogP contribution in [-0.2, 0) is 20.6 Å². The fourth-order valence-corrected chi connectivity index (χ4v) is 4.09. The molecule has 0 atom stereocenters. The summed E-state index contributed by atoms with van der Waals surface area (Å²) >= 11 is 6.05. The van der Waals surface area contributed by atoms with Gasteiger partial charge in [-0.05, 0) is 36.5 Å². The highest BCUT2D eigenvalue weighted by Gasteiger charge is 2.24. The average molecular weight is 402 g/mol. The topological polar surface area (TPSA) is 65.1 Å². The summed E-state index contributed by atoms with van der Waals surface area (Å²) in [5.74, 6) is 1.44. The first-order valence-electron chi connectivity index (χ1n) is 9.52. The van der Waals surface area contributed by atoms with Crippen molar-refractivity contribution in [2.24, 2.45) is 20.0 Å². The Bertz CT molecular complexity index is 1150. The smallest absolute Gasteiger partial charge is 0.332 e. The van der Waals surface area contributed by atoms with E-state index in [9.17, 15) is 9.59 Å². The maximum atomic E-state index is 13.2. The molecule has 0 unspecified atom stereocenters. The number of piperidine rings is 1. The molecule has 28 heavy (non-hydrogen) atoms. The third-order valence-electron chi connectivity index (χ3n) is 5.63. The molecule has 0 saturated carbocycles. The fourth-order valence-electron chi connectivity index (χ4n) is 3.88. The number of nitrogens with zero attached hydrogens (tertiary/aromatic N) is 5. The van der Waals surface area contributed by atoms with Crippen molar-refractivity contribution in [3.63, 3.8) is 0 Å². The van der Waals surface area contributed by atoms with Crippen LogP contribution in [0.5, 0.6) is 0 Å². The monoisotopic (exact) mass is 401 g/mol. The van der Waals surface area contributed by atoms with Crippen molar-refractivity contribution in [3.8, 4) is 0 Å². The molecule has 8 heteroatoms. The van der Waals surface area contributed by atoms with Crippen LogP contribution >= 0.6 is 11.6 Å². The zero-order valence-electron chi connectivity index (χ0n) is 16.4. The summed E-state index contributed by atoms with van der Waals surface area (Å²) in [7, 11) is 3.51. The molecule has 2 aromatic heterocycles. The first kappa shape index (κ1) is 18.8. The molecule has 0 aliphatic carbocycles. The molecular weight excluding hydrogens is 378 g/mol. The van der Waals surface area contributed by atoms with E-state index in [1.165, 1.54) is 9.13 Å². The molecule has 3 aromatic rings. The predicted molar refractivity (Wildman–Crippen MR) is 111 cm³/mol. The van der Waals surface area contributed by atoms with E-state index in [2.05, 4.69) is 16.8 Å². The lowest BCUT2D eigenvalue weighted by molar-refractivity contribution is 0.433. The summed E-state index contributed by atoms with van der Waals surface area (Å²) in [4.78, 5) is 32.9. The van der Waals surface area contributed by atoms with Gasteiger partial charge in [0.1, 0.15) is 0 Å². The summed E-state index contributed by atoms with van der Waals surface area (Å²) < 4.78 is 4.52. The Morgan fingerprint density at radius 3 is 2.54 bits per heavy atom. The van der Waals surface area contributed by atoms with Gasteiger partial charge < -0.3 is 9.47 Å². The molecule has 0 amide bonds. The number of benzene rings is 1. The Morgan fingerprint density at radius 2 is 1.86 bits per heavy atom. The molecule has 0 spiro atoms. The first-order valence-corrected chi connectivity index (χ1v) is 9.90. The number of fused-ring (bicyclic) bond motifs is 1. The number of aromatic nitrogens is 4. The van der Waals surface area contributed by atoms with Gasteiger partial charge in [-0.1, -0.05) is 30.7 Å². The maximum Gasteiger partial charge on any atom is 0.332 e. The van der Waals surface area contributed by atoms with Gasteiger partial charge in [0.15, 0.2) is 11.2 Å². The number of halogens is 1. The quantitative estimate of drug-likeness (QED) is 0.675. The molecule has 1 fully saturated rings. The lowest BCUT2D eigenvalue weighted by atomic mass is 10.00. The van der Waals surface area contributed by atoms with Crippen LogP contribution in [0.4, 0.5) is 5.95 Å². The summed E-state index contributed by atoms with van der Waals surface area (Å²) in [6.45, 7) is 4.24. The van der Waals surface area contributed by atoms with E-state index in [0.717, 1.165) is 37.4 Å². The van der Waals surface area contributed by atoms with Gasteiger partial charge in [0.05, 0.1) is 6.54 Å². The Kier molecular flexibility index (Phi) is 4.79. The largest absolute Gasteiger partial charge is 0.342 e. The van der Waals surface area contributed by atoms with E-state index >= 15 is 0 Å². The zero-order valence-corrected chi connectivity index (χ0v) is 17.1. The van der Waals surface area contributed by atoms with E-state index in [1.807, 2.05) is 23.7 Å². The molecular formula is C20H24ClN5O2. The fraction of sp³-hybridized carbons (Fsp3) is 0.450. The molecule has 7 nitrogen and oxygen atoms in total. The van der Waals surface area contributed by atoms with E-state index in [4.69, 9.17) is 11.6 Å². The second-order valence-corrected chi connectivity index (χ2v) is 8.11. The Labute approximate surface area is 167 Å². The van der Waals surface area contributed by atoms with Crippen molar-refractivity contribution in [1.29, 1.82) is 0 Å². The van der Waals surface area contributed by atoms with Crippen LogP contribution in [0.3, 0.4) is 0 Å². The molecule has 0 bridgehead atoms. The van der Waals surface area contributed by atoms with Crippen molar-refractivity contribution in [1.82, 2.24) is 18.7 Å². The molecule has 0 radical (unpaired) electrons. The third kappa shape index (κ3) is 3.13. The molecule has 4 rings (SSSR count). The highest BCUT2D eigenvalue weighted by Crippen LogP contribution is 2.24. The number of aryl methyl sites for hydroxylation is 2. The van der Waals surface area contributed by atoms with Crippen LogP contribution in [0.25, 0.3) is 11.2 Å². The van der Waals surface area contributed by atoms with Crippen LogP contribution < -0.4 is 16.1 Å². The Morgan fingerprint density at radius 1 is 1.14 bits per heavy atom. The van der Waals surface area contributed by atoms with Gasteiger partial charge in [0.2, 0.25) is 5.95 Å². The summed E-state index contributed by atoms with van der Waals surface area (Å²) in [5, 5.41) is 0.575. The molecule has 0 N–H and O–H groups in total. The van der Waals surface area contributed by atoms with Crippen LogP contribution in [0, 0.1) is 5.92 Å². The lowest BCUT2D eigenvalue weighted by Gasteiger charge is -2.30. The molecule has 3 heterocycles. The van der Waals surface area contributed by atoms with Crippen molar-refractivity contribution in [3.05, 3.63) is 55.7 Å². The lowest BCUT2D eigenvalue weighted by Crippen LogP contribution is -2.39. The normalized spacial score (nSPS) is 15.5. The van der Waals surface area contributed by atoms with Gasteiger partial charge in [-0.15, -0.1) is 0 Å². The summed E-state index contributed by atoms with van der Waals surface area (Å²) in [6, 6.07) is 7.19. The molecule has 148 valence electrons. The SMILES string of the molecule is CC1CCN(c2nc3c(c(=O)n(Cc4cccc(Cl)c4)c(=O)n3C)n2C)CC1. The van der Waals surface area contributed by atoms with Gasteiger partial charge in [-0.2, -0.15) is 4.98 Å². The second kappa shape index (κ2) is 7.13. The molecule has 1 aliphatic heterocycles. The van der Waals surface area contributed by atoms with Gasteiger partial charge >= 0.3 is 5.69 Å². The van der Waals surface area contributed by atoms with Gasteiger partial charge in [-0.3, -0.25) is 13.9 Å². The van der Waals surface area contributed by atoms with Gasteiger partial charge in [0.25, 0.3) is 5.56 Å². The number of hydrogen-bond acceptors (Lipinski definition) is 4. The van der Waals surface area contributed by atoms with Crippen molar-refractivity contribution in [2.75, 3.05) is 18.0 Å². The minimum Gasteiger partial charge on any atom is -0.342 e. The second-order valence-electron chi connectivity index (χ2n) is 7.68. The van der Waals surface area contributed by atoms with E-state index in [-0.39, 0.29) is 17.8 Å². The number of hydrogen-bond donors (Lipinski definition) is 0. The molecule has 1 aromatic carbocycles. The van der Waals surface area contributed by atoms with E-state index < -0.39 is 0 Å². The average Bonchev–Trinajstić information content (AvgIpc) is 3.02. The minimum absolute atomic E-state index is 0.170.